The van der Waals surface area contributed by atoms with Crippen LogP contribution in [-0.2, 0) is 5.41 Å². The highest BCUT2D eigenvalue weighted by Gasteiger charge is 2.14. The molecule has 19 heavy (non-hydrogen) atoms. The van der Waals surface area contributed by atoms with Crippen LogP contribution in [0.4, 0.5) is 0 Å². The third kappa shape index (κ3) is 5.33. The van der Waals surface area contributed by atoms with E-state index in [0.29, 0.717) is 12.1 Å². The number of rotatable bonds is 5. The molecule has 0 spiro atoms. The first-order valence-electron chi connectivity index (χ1n) is 7.21. The van der Waals surface area contributed by atoms with E-state index in [1.54, 1.807) is 0 Å². The van der Waals surface area contributed by atoms with E-state index in [0.717, 1.165) is 6.54 Å². The molecule has 0 heterocycles. The topological polar surface area (TPSA) is 15.3 Å². The molecular weight excluding hydrogens is 232 g/mol. The molecule has 0 aromatic heterocycles. The van der Waals surface area contributed by atoms with Crippen molar-refractivity contribution in [2.75, 3.05) is 20.6 Å². The summed E-state index contributed by atoms with van der Waals surface area (Å²) in [7, 11) is 4.22. The van der Waals surface area contributed by atoms with Crippen LogP contribution in [0.5, 0.6) is 0 Å². The Kier molecular flexibility index (Phi) is 5.57. The van der Waals surface area contributed by atoms with E-state index in [4.69, 9.17) is 0 Å². The molecule has 0 aliphatic rings. The lowest BCUT2D eigenvalue weighted by Crippen LogP contribution is -2.37. The van der Waals surface area contributed by atoms with Crippen LogP contribution in [0.25, 0.3) is 0 Å². The highest BCUT2D eigenvalue weighted by Crippen LogP contribution is 2.24. The van der Waals surface area contributed by atoms with E-state index < -0.39 is 0 Å². The lowest BCUT2D eigenvalue weighted by molar-refractivity contribution is 0.334. The molecule has 0 saturated carbocycles. The molecule has 0 bridgehead atoms. The van der Waals surface area contributed by atoms with Crippen LogP contribution in [-0.4, -0.2) is 31.6 Å². The largest absolute Gasteiger partial charge is 0.308 e. The van der Waals surface area contributed by atoms with Crippen LogP contribution >= 0.6 is 0 Å². The van der Waals surface area contributed by atoms with Crippen LogP contribution in [0.2, 0.25) is 0 Å². The molecule has 1 aromatic rings. The van der Waals surface area contributed by atoms with Crippen LogP contribution < -0.4 is 5.32 Å². The molecule has 1 N–H and O–H groups in total. The van der Waals surface area contributed by atoms with E-state index in [2.05, 4.69) is 83.2 Å². The Bertz CT molecular complexity index is 373. The van der Waals surface area contributed by atoms with Gasteiger partial charge in [0.15, 0.2) is 0 Å². The highest BCUT2D eigenvalue weighted by atomic mass is 15.1. The Balaban J connectivity index is 2.65. The fourth-order valence-corrected chi connectivity index (χ4v) is 2.40. The second-order valence-corrected chi connectivity index (χ2v) is 6.92. The first kappa shape index (κ1) is 16.2. The average Bonchev–Trinajstić information content (AvgIpc) is 2.26. The lowest BCUT2D eigenvalue weighted by Gasteiger charge is -2.24. The van der Waals surface area contributed by atoms with Gasteiger partial charge >= 0.3 is 0 Å². The van der Waals surface area contributed by atoms with Gasteiger partial charge in [-0.25, -0.2) is 0 Å². The van der Waals surface area contributed by atoms with Crippen molar-refractivity contribution in [3.63, 3.8) is 0 Å². The predicted molar refractivity (Wildman–Crippen MR) is 84.7 cm³/mol. The van der Waals surface area contributed by atoms with Gasteiger partial charge in [-0.3, -0.25) is 0 Å². The van der Waals surface area contributed by atoms with E-state index >= 15 is 0 Å². The zero-order chi connectivity index (χ0) is 14.6. The molecule has 2 unspecified atom stereocenters. The summed E-state index contributed by atoms with van der Waals surface area (Å²) >= 11 is 0. The fourth-order valence-electron chi connectivity index (χ4n) is 2.40. The molecule has 2 nitrogen and oxygen atoms in total. The minimum Gasteiger partial charge on any atom is -0.308 e. The Labute approximate surface area is 119 Å². The third-order valence-corrected chi connectivity index (χ3v) is 3.45. The maximum atomic E-state index is 3.64. The van der Waals surface area contributed by atoms with Crippen molar-refractivity contribution in [1.82, 2.24) is 10.2 Å². The molecule has 0 saturated heterocycles. The minimum atomic E-state index is 0.230. The first-order valence-corrected chi connectivity index (χ1v) is 7.21. The van der Waals surface area contributed by atoms with Gasteiger partial charge in [0.2, 0.25) is 0 Å². The van der Waals surface area contributed by atoms with Gasteiger partial charge in [0, 0.05) is 18.6 Å². The second-order valence-electron chi connectivity index (χ2n) is 6.92. The minimum absolute atomic E-state index is 0.230. The summed E-state index contributed by atoms with van der Waals surface area (Å²) in [4.78, 5) is 2.22. The Hall–Kier alpha value is -0.860. The Morgan fingerprint density at radius 2 is 1.58 bits per heavy atom. The average molecular weight is 262 g/mol. The molecule has 1 aromatic carbocycles. The number of nitrogens with zero attached hydrogens (tertiary/aromatic N) is 1. The van der Waals surface area contributed by atoms with Crippen molar-refractivity contribution in [2.24, 2.45) is 0 Å². The third-order valence-electron chi connectivity index (χ3n) is 3.45. The van der Waals surface area contributed by atoms with Crippen molar-refractivity contribution >= 4 is 0 Å². The summed E-state index contributed by atoms with van der Waals surface area (Å²) in [6.45, 7) is 12.3. The van der Waals surface area contributed by atoms with Crippen molar-refractivity contribution in [2.45, 2.75) is 52.1 Å². The maximum absolute atomic E-state index is 3.64. The molecular formula is C17H30N2. The zero-order valence-electron chi connectivity index (χ0n) is 13.6. The van der Waals surface area contributed by atoms with Gasteiger partial charge in [-0.15, -0.1) is 0 Å². The first-order chi connectivity index (χ1) is 8.70. The predicted octanol–water partition coefficient (Wildman–Crippen LogP) is 3.58. The molecule has 1 rings (SSSR count). The van der Waals surface area contributed by atoms with E-state index in [9.17, 15) is 0 Å². The molecule has 2 atom stereocenters. The second kappa shape index (κ2) is 6.53. The van der Waals surface area contributed by atoms with Crippen LogP contribution in [0.3, 0.4) is 0 Å². The van der Waals surface area contributed by atoms with Gasteiger partial charge in [-0.2, -0.15) is 0 Å². The molecule has 0 radical (unpaired) electrons. The van der Waals surface area contributed by atoms with Crippen molar-refractivity contribution in [3.8, 4) is 0 Å². The van der Waals surface area contributed by atoms with Crippen molar-refractivity contribution in [1.29, 1.82) is 0 Å². The van der Waals surface area contributed by atoms with Gasteiger partial charge in [0.05, 0.1) is 0 Å². The van der Waals surface area contributed by atoms with Gasteiger partial charge < -0.3 is 10.2 Å². The smallest absolute Gasteiger partial charge is 0.0294 e. The van der Waals surface area contributed by atoms with Crippen LogP contribution in [0, 0.1) is 0 Å². The maximum Gasteiger partial charge on any atom is 0.0294 e. The van der Waals surface area contributed by atoms with Gasteiger partial charge in [-0.1, -0.05) is 45.0 Å². The van der Waals surface area contributed by atoms with E-state index in [-0.39, 0.29) is 5.41 Å². The number of hydrogen-bond donors (Lipinski definition) is 1. The van der Waals surface area contributed by atoms with Gasteiger partial charge in [-0.05, 0) is 44.5 Å². The summed E-state index contributed by atoms with van der Waals surface area (Å²) in [5.41, 5.74) is 2.98. The Morgan fingerprint density at radius 1 is 1.05 bits per heavy atom. The molecule has 0 amide bonds. The summed E-state index contributed by atoms with van der Waals surface area (Å²) < 4.78 is 0. The summed E-state index contributed by atoms with van der Waals surface area (Å²) in [6.07, 6.45) is 0. The summed E-state index contributed by atoms with van der Waals surface area (Å²) in [5.74, 6) is 0. The molecule has 0 aliphatic heterocycles. The van der Waals surface area contributed by atoms with Crippen LogP contribution in [0.15, 0.2) is 24.3 Å². The highest BCUT2D eigenvalue weighted by molar-refractivity contribution is 5.29. The zero-order valence-corrected chi connectivity index (χ0v) is 13.6. The van der Waals surface area contributed by atoms with E-state index in [1.807, 2.05) is 0 Å². The molecule has 0 fully saturated rings. The Morgan fingerprint density at radius 3 is 2.00 bits per heavy atom. The number of hydrogen-bond acceptors (Lipinski definition) is 2. The quantitative estimate of drug-likeness (QED) is 0.872. The van der Waals surface area contributed by atoms with Crippen LogP contribution in [0.1, 0.15) is 51.8 Å². The number of benzene rings is 1. The number of likely N-dealkylation sites (N-methyl/N-ethyl adjacent to an activating group) is 1. The van der Waals surface area contributed by atoms with Crippen molar-refractivity contribution in [3.05, 3.63) is 35.4 Å². The molecule has 108 valence electrons. The normalized spacial score (nSPS) is 15.6. The fraction of sp³-hybridized carbons (Fsp3) is 0.647. The summed E-state index contributed by atoms with van der Waals surface area (Å²) in [5, 5.41) is 3.64. The monoisotopic (exact) mass is 262 g/mol. The van der Waals surface area contributed by atoms with Gasteiger partial charge in [0.25, 0.3) is 0 Å². The number of nitrogens with one attached hydrogen (secondary N) is 1. The molecule has 0 aliphatic carbocycles. The summed E-state index contributed by atoms with van der Waals surface area (Å²) in [6, 6.07) is 9.89. The van der Waals surface area contributed by atoms with E-state index in [1.165, 1.54) is 11.1 Å². The lowest BCUT2D eigenvalue weighted by atomic mass is 9.86. The SMILES string of the molecule is CC(CN(C)C)NC(C)c1ccc(C(C)(C)C)cc1. The molecule has 2 heteroatoms. The van der Waals surface area contributed by atoms with Gasteiger partial charge in [0.1, 0.15) is 0 Å². The standard InChI is InChI=1S/C17H30N2/c1-13(12-19(6)7)18-14(2)15-8-10-16(11-9-15)17(3,4)5/h8-11,13-14,18H,12H2,1-7H3. The van der Waals surface area contributed by atoms with Crippen molar-refractivity contribution < 1.29 is 0 Å².